The molecule has 3 rings (SSSR count). The van der Waals surface area contributed by atoms with Gasteiger partial charge in [0.15, 0.2) is 0 Å². The highest BCUT2D eigenvalue weighted by atomic mass is 32.1. The number of nitrogens with zero attached hydrogens (tertiary/aromatic N) is 3. The molecule has 7 heteroatoms. The van der Waals surface area contributed by atoms with Crippen molar-refractivity contribution < 1.29 is 9.53 Å². The van der Waals surface area contributed by atoms with E-state index in [1.165, 1.54) is 0 Å². The minimum absolute atomic E-state index is 0.359. The normalized spacial score (nSPS) is 15.0. The molecule has 2 aromatic heterocycles. The van der Waals surface area contributed by atoms with Gasteiger partial charge in [-0.05, 0) is 32.2 Å². The van der Waals surface area contributed by atoms with E-state index >= 15 is 0 Å². The summed E-state index contributed by atoms with van der Waals surface area (Å²) < 4.78 is 5.24. The maximum atomic E-state index is 11.7. The number of alkyl carbamates (subject to hydrolysis) is 1. The van der Waals surface area contributed by atoms with Crippen LogP contribution >= 0.6 is 11.3 Å². The van der Waals surface area contributed by atoms with Crippen molar-refractivity contribution >= 4 is 23.2 Å². The molecule has 1 N–H and O–H groups in total. The second-order valence-corrected chi connectivity index (χ2v) is 7.71. The van der Waals surface area contributed by atoms with Crippen LogP contribution in [0.15, 0.2) is 29.2 Å². The summed E-state index contributed by atoms with van der Waals surface area (Å²) in [4.78, 5) is 22.5. The van der Waals surface area contributed by atoms with Gasteiger partial charge in [-0.15, -0.1) is 0 Å². The lowest BCUT2D eigenvalue weighted by Gasteiger charge is -2.40. The molecule has 1 aliphatic rings. The lowest BCUT2D eigenvalue weighted by Crippen LogP contribution is -2.52. The Labute approximate surface area is 145 Å². The Bertz CT molecular complexity index is 691. The fraction of sp³-hybridized carbons (Fsp3) is 0.471. The van der Waals surface area contributed by atoms with Crippen molar-refractivity contribution in [2.45, 2.75) is 26.4 Å². The summed E-state index contributed by atoms with van der Waals surface area (Å²) in [6.45, 7) is 7.94. The molecule has 6 nitrogen and oxygen atoms in total. The monoisotopic (exact) mass is 346 g/mol. The molecule has 1 amide bonds. The first-order chi connectivity index (χ1) is 11.4. The van der Waals surface area contributed by atoms with Crippen LogP contribution in [-0.4, -0.2) is 41.3 Å². The van der Waals surface area contributed by atoms with E-state index in [1.54, 1.807) is 17.7 Å². The zero-order chi connectivity index (χ0) is 17.2. The van der Waals surface area contributed by atoms with Crippen molar-refractivity contribution in [3.8, 4) is 11.3 Å². The molecule has 1 fully saturated rings. The molecule has 1 saturated heterocycles. The standard InChI is InChI=1S/C17H22N4O2S/c1-17(2,3)23-16(22)18-7-12-8-21(9-12)15-6-14(19-11-20-15)13-4-5-24-10-13/h4-6,10-12H,7-9H2,1-3H3,(H,18,22). The molecule has 0 unspecified atom stereocenters. The number of hydrogen-bond donors (Lipinski definition) is 1. The van der Waals surface area contributed by atoms with Crippen LogP contribution < -0.4 is 10.2 Å². The smallest absolute Gasteiger partial charge is 0.407 e. The highest BCUT2D eigenvalue weighted by Crippen LogP contribution is 2.26. The molecule has 128 valence electrons. The summed E-state index contributed by atoms with van der Waals surface area (Å²) in [6.07, 6.45) is 1.25. The van der Waals surface area contributed by atoms with Gasteiger partial charge in [-0.3, -0.25) is 0 Å². The summed E-state index contributed by atoms with van der Waals surface area (Å²) in [7, 11) is 0. The lowest BCUT2D eigenvalue weighted by molar-refractivity contribution is 0.0516. The van der Waals surface area contributed by atoms with Crippen LogP contribution in [0.5, 0.6) is 0 Å². The summed E-state index contributed by atoms with van der Waals surface area (Å²) in [5.41, 5.74) is 1.60. The van der Waals surface area contributed by atoms with Gasteiger partial charge in [0.05, 0.1) is 5.69 Å². The Morgan fingerprint density at radius 2 is 2.21 bits per heavy atom. The highest BCUT2D eigenvalue weighted by Gasteiger charge is 2.29. The molecular formula is C17H22N4O2S. The van der Waals surface area contributed by atoms with Crippen LogP contribution in [0.1, 0.15) is 20.8 Å². The number of anilines is 1. The fourth-order valence-electron chi connectivity index (χ4n) is 2.52. The van der Waals surface area contributed by atoms with Crippen molar-refractivity contribution in [2.24, 2.45) is 5.92 Å². The van der Waals surface area contributed by atoms with Gasteiger partial charge in [0.1, 0.15) is 17.7 Å². The van der Waals surface area contributed by atoms with Crippen LogP contribution in [0, 0.1) is 5.92 Å². The van der Waals surface area contributed by atoms with Gasteiger partial charge in [0.2, 0.25) is 0 Å². The Morgan fingerprint density at radius 3 is 2.88 bits per heavy atom. The summed E-state index contributed by atoms with van der Waals surface area (Å²) in [5, 5.41) is 6.95. The average Bonchev–Trinajstić information content (AvgIpc) is 2.98. The average molecular weight is 346 g/mol. The quantitative estimate of drug-likeness (QED) is 0.921. The van der Waals surface area contributed by atoms with Gasteiger partial charge in [0, 0.05) is 42.6 Å². The molecule has 24 heavy (non-hydrogen) atoms. The minimum atomic E-state index is -0.464. The van der Waals surface area contributed by atoms with Gasteiger partial charge in [-0.25, -0.2) is 14.8 Å². The number of amides is 1. The zero-order valence-electron chi connectivity index (χ0n) is 14.2. The van der Waals surface area contributed by atoms with E-state index in [1.807, 2.05) is 32.2 Å². The zero-order valence-corrected chi connectivity index (χ0v) is 15.0. The highest BCUT2D eigenvalue weighted by molar-refractivity contribution is 7.08. The summed E-state index contributed by atoms with van der Waals surface area (Å²) in [6, 6.07) is 4.07. The molecule has 0 aromatic carbocycles. The molecule has 0 saturated carbocycles. The minimum Gasteiger partial charge on any atom is -0.444 e. The van der Waals surface area contributed by atoms with Crippen LogP contribution in [0.4, 0.5) is 10.6 Å². The molecule has 0 aliphatic carbocycles. The topological polar surface area (TPSA) is 67.3 Å². The number of thiophene rings is 1. The van der Waals surface area contributed by atoms with Crippen molar-refractivity contribution in [3.63, 3.8) is 0 Å². The molecule has 0 atom stereocenters. The predicted octanol–water partition coefficient (Wildman–Crippen LogP) is 3.17. The van der Waals surface area contributed by atoms with E-state index in [0.29, 0.717) is 12.5 Å². The van der Waals surface area contributed by atoms with Crippen LogP contribution in [0.3, 0.4) is 0 Å². The number of rotatable bonds is 4. The predicted molar refractivity (Wildman–Crippen MR) is 95.3 cm³/mol. The number of hydrogen-bond acceptors (Lipinski definition) is 6. The number of aromatic nitrogens is 2. The van der Waals surface area contributed by atoms with Crippen LogP contribution in [-0.2, 0) is 4.74 Å². The van der Waals surface area contributed by atoms with E-state index < -0.39 is 5.60 Å². The van der Waals surface area contributed by atoms with Gasteiger partial charge in [-0.2, -0.15) is 11.3 Å². The number of carbonyl (C=O) groups excluding carboxylic acids is 1. The largest absolute Gasteiger partial charge is 0.444 e. The Hall–Kier alpha value is -2.15. The number of ether oxygens (including phenoxy) is 1. The van der Waals surface area contributed by atoms with Crippen molar-refractivity contribution in [1.82, 2.24) is 15.3 Å². The van der Waals surface area contributed by atoms with Crippen molar-refractivity contribution in [2.75, 3.05) is 24.5 Å². The third kappa shape index (κ3) is 4.23. The number of carbonyl (C=O) groups is 1. The first-order valence-electron chi connectivity index (χ1n) is 7.97. The van der Waals surface area contributed by atoms with E-state index in [9.17, 15) is 4.79 Å². The van der Waals surface area contributed by atoms with E-state index in [-0.39, 0.29) is 6.09 Å². The van der Waals surface area contributed by atoms with Gasteiger partial charge in [0.25, 0.3) is 0 Å². The van der Waals surface area contributed by atoms with E-state index in [2.05, 4.69) is 31.6 Å². The van der Waals surface area contributed by atoms with Crippen molar-refractivity contribution in [3.05, 3.63) is 29.2 Å². The third-order valence-electron chi connectivity index (χ3n) is 3.68. The Balaban J connectivity index is 1.49. The van der Waals surface area contributed by atoms with Gasteiger partial charge >= 0.3 is 6.09 Å². The van der Waals surface area contributed by atoms with E-state index in [0.717, 1.165) is 30.2 Å². The van der Waals surface area contributed by atoms with Crippen LogP contribution in [0.25, 0.3) is 11.3 Å². The molecule has 2 aromatic rings. The molecule has 0 radical (unpaired) electrons. The number of nitrogens with one attached hydrogen (secondary N) is 1. The second kappa shape index (κ2) is 6.76. The molecule has 0 spiro atoms. The van der Waals surface area contributed by atoms with Crippen molar-refractivity contribution in [1.29, 1.82) is 0 Å². The summed E-state index contributed by atoms with van der Waals surface area (Å²) in [5.74, 6) is 1.34. The molecule has 1 aliphatic heterocycles. The molecule has 3 heterocycles. The van der Waals surface area contributed by atoms with Gasteiger partial charge in [-0.1, -0.05) is 0 Å². The van der Waals surface area contributed by atoms with Gasteiger partial charge < -0.3 is 15.0 Å². The lowest BCUT2D eigenvalue weighted by atomic mass is 10.0. The fourth-order valence-corrected chi connectivity index (χ4v) is 3.17. The maximum Gasteiger partial charge on any atom is 0.407 e. The first-order valence-corrected chi connectivity index (χ1v) is 8.91. The maximum absolute atomic E-state index is 11.7. The third-order valence-corrected chi connectivity index (χ3v) is 4.37. The summed E-state index contributed by atoms with van der Waals surface area (Å²) >= 11 is 1.66. The SMILES string of the molecule is CC(C)(C)OC(=O)NCC1CN(c2cc(-c3ccsc3)ncn2)C1. The van der Waals surface area contributed by atoms with Crippen LogP contribution in [0.2, 0.25) is 0 Å². The first kappa shape index (κ1) is 16.7. The Morgan fingerprint density at radius 1 is 1.42 bits per heavy atom. The second-order valence-electron chi connectivity index (χ2n) is 6.93. The Kier molecular flexibility index (Phi) is 4.71. The molecule has 0 bridgehead atoms. The van der Waals surface area contributed by atoms with E-state index in [4.69, 9.17) is 4.74 Å². The molecular weight excluding hydrogens is 324 g/mol.